The van der Waals surface area contributed by atoms with E-state index in [9.17, 15) is 19.7 Å². The molecule has 0 aliphatic heterocycles. The third-order valence-corrected chi connectivity index (χ3v) is 3.00. The number of carbonyl (C=O) groups is 2. The van der Waals surface area contributed by atoms with Crippen molar-refractivity contribution in [2.24, 2.45) is 5.92 Å². The first-order valence-electron chi connectivity index (χ1n) is 6.13. The number of carbonyl (C=O) groups excluding carboxylic acids is 2. The van der Waals surface area contributed by atoms with Gasteiger partial charge in [-0.15, -0.1) is 0 Å². The molecule has 8 nitrogen and oxygen atoms in total. The van der Waals surface area contributed by atoms with Crippen LogP contribution in [-0.2, 0) is 4.79 Å². The second kappa shape index (κ2) is 6.27. The van der Waals surface area contributed by atoms with Crippen LogP contribution >= 0.6 is 12.2 Å². The fraction of sp³-hybridized carbons (Fsp3) is 0.250. The monoisotopic (exact) mass is 308 g/mol. The number of nitrogens with one attached hydrogen (secondary N) is 3. The first-order valence-corrected chi connectivity index (χ1v) is 6.54. The average Bonchev–Trinajstić information content (AvgIpc) is 3.29. The third kappa shape index (κ3) is 4.21. The summed E-state index contributed by atoms with van der Waals surface area (Å²) in [7, 11) is 0. The molecule has 1 aromatic rings. The van der Waals surface area contributed by atoms with E-state index in [1.54, 1.807) is 0 Å². The van der Waals surface area contributed by atoms with Crippen molar-refractivity contribution in [3.63, 3.8) is 0 Å². The van der Waals surface area contributed by atoms with Crippen molar-refractivity contribution < 1.29 is 14.5 Å². The molecule has 110 valence electrons. The van der Waals surface area contributed by atoms with E-state index in [0.717, 1.165) is 18.9 Å². The molecule has 0 bridgehead atoms. The van der Waals surface area contributed by atoms with Gasteiger partial charge < -0.3 is 0 Å². The Bertz CT molecular complexity index is 615. The highest BCUT2D eigenvalue weighted by Gasteiger charge is 2.29. The summed E-state index contributed by atoms with van der Waals surface area (Å²) in [6.45, 7) is 0. The van der Waals surface area contributed by atoms with Crippen LogP contribution in [0.15, 0.2) is 24.3 Å². The molecule has 1 fully saturated rings. The molecular weight excluding hydrogens is 296 g/mol. The number of hydrogen-bond acceptors (Lipinski definition) is 5. The maximum Gasteiger partial charge on any atom is 0.270 e. The largest absolute Gasteiger partial charge is 0.298 e. The second-order valence-electron chi connectivity index (χ2n) is 4.48. The Kier molecular flexibility index (Phi) is 4.43. The van der Waals surface area contributed by atoms with Crippen LogP contribution in [0, 0.1) is 16.0 Å². The molecular formula is C12H12N4O4S. The number of benzene rings is 1. The van der Waals surface area contributed by atoms with Gasteiger partial charge in [-0.1, -0.05) is 6.07 Å². The van der Waals surface area contributed by atoms with Gasteiger partial charge in [-0.25, -0.2) is 0 Å². The minimum absolute atomic E-state index is 0.00720. The van der Waals surface area contributed by atoms with Crippen LogP contribution in [0.25, 0.3) is 0 Å². The maximum atomic E-state index is 11.8. The van der Waals surface area contributed by atoms with Crippen LogP contribution in [0.2, 0.25) is 0 Å². The Morgan fingerprint density at radius 3 is 2.62 bits per heavy atom. The fourth-order valence-electron chi connectivity index (χ4n) is 1.53. The lowest BCUT2D eigenvalue weighted by atomic mass is 10.2. The highest BCUT2D eigenvalue weighted by molar-refractivity contribution is 7.80. The average molecular weight is 308 g/mol. The van der Waals surface area contributed by atoms with Crippen molar-refractivity contribution in [3.05, 3.63) is 39.9 Å². The van der Waals surface area contributed by atoms with Crippen LogP contribution in [0.1, 0.15) is 23.2 Å². The van der Waals surface area contributed by atoms with E-state index in [1.807, 2.05) is 0 Å². The van der Waals surface area contributed by atoms with E-state index in [4.69, 9.17) is 12.2 Å². The zero-order chi connectivity index (χ0) is 15.4. The summed E-state index contributed by atoms with van der Waals surface area (Å²) < 4.78 is 0. The van der Waals surface area contributed by atoms with Crippen molar-refractivity contribution in [2.75, 3.05) is 0 Å². The molecule has 0 atom stereocenters. The quantitative estimate of drug-likeness (QED) is 0.429. The van der Waals surface area contributed by atoms with Crippen molar-refractivity contribution >= 4 is 34.8 Å². The summed E-state index contributed by atoms with van der Waals surface area (Å²) >= 11 is 4.85. The normalized spacial score (nSPS) is 13.1. The van der Waals surface area contributed by atoms with Gasteiger partial charge in [-0.3, -0.25) is 35.9 Å². The summed E-state index contributed by atoms with van der Waals surface area (Å²) in [6, 6.07) is 5.25. The molecule has 9 heteroatoms. The summed E-state index contributed by atoms with van der Waals surface area (Å²) in [6.07, 6.45) is 1.70. The lowest BCUT2D eigenvalue weighted by Crippen LogP contribution is -2.48. The number of rotatable bonds is 3. The van der Waals surface area contributed by atoms with Gasteiger partial charge in [-0.2, -0.15) is 0 Å². The van der Waals surface area contributed by atoms with E-state index in [-0.39, 0.29) is 28.2 Å². The molecule has 0 aromatic heterocycles. The molecule has 0 radical (unpaired) electrons. The number of hydrazine groups is 1. The Balaban J connectivity index is 1.88. The van der Waals surface area contributed by atoms with Crippen molar-refractivity contribution in [1.82, 2.24) is 16.2 Å². The molecule has 2 amide bonds. The number of thiocarbonyl (C=S) groups is 1. The lowest BCUT2D eigenvalue weighted by Gasteiger charge is -2.10. The predicted molar refractivity (Wildman–Crippen MR) is 77.2 cm³/mol. The van der Waals surface area contributed by atoms with Gasteiger partial charge in [0.1, 0.15) is 0 Å². The van der Waals surface area contributed by atoms with Gasteiger partial charge in [0.15, 0.2) is 5.11 Å². The first-order chi connectivity index (χ1) is 9.97. The van der Waals surface area contributed by atoms with Crippen LogP contribution in [0.3, 0.4) is 0 Å². The third-order valence-electron chi connectivity index (χ3n) is 2.79. The molecule has 0 saturated heterocycles. The Morgan fingerprint density at radius 1 is 1.29 bits per heavy atom. The van der Waals surface area contributed by atoms with Gasteiger partial charge in [0.25, 0.3) is 11.6 Å². The molecule has 3 N–H and O–H groups in total. The van der Waals surface area contributed by atoms with Crippen molar-refractivity contribution in [1.29, 1.82) is 0 Å². The number of hydrogen-bond donors (Lipinski definition) is 3. The van der Waals surface area contributed by atoms with E-state index in [2.05, 4.69) is 16.2 Å². The van der Waals surface area contributed by atoms with Gasteiger partial charge in [-0.05, 0) is 31.1 Å². The number of nitro groups is 1. The van der Waals surface area contributed by atoms with Gasteiger partial charge in [0.05, 0.1) is 4.92 Å². The minimum atomic E-state index is -0.600. The molecule has 2 rings (SSSR count). The van der Waals surface area contributed by atoms with Gasteiger partial charge >= 0.3 is 0 Å². The molecule has 1 aromatic carbocycles. The first kappa shape index (κ1) is 14.9. The minimum Gasteiger partial charge on any atom is -0.298 e. The van der Waals surface area contributed by atoms with Crippen LogP contribution < -0.4 is 16.2 Å². The topological polar surface area (TPSA) is 113 Å². The standard InChI is InChI=1S/C12H12N4O4S/c17-10(8-2-1-3-9(6-8)16(19)20)13-12(21)15-14-11(18)7-4-5-7/h1-3,6-7H,4-5H2,(H,14,18)(H2,13,15,17,21). The van der Waals surface area contributed by atoms with E-state index in [1.165, 1.54) is 18.2 Å². The number of non-ortho nitro benzene ring substituents is 1. The Morgan fingerprint density at radius 2 is 2.00 bits per heavy atom. The summed E-state index contributed by atoms with van der Waals surface area (Å²) in [5.41, 5.74) is 4.69. The van der Waals surface area contributed by atoms with Gasteiger partial charge in [0, 0.05) is 23.6 Å². The maximum absolute atomic E-state index is 11.8. The van der Waals surface area contributed by atoms with E-state index < -0.39 is 10.8 Å². The molecule has 0 spiro atoms. The Hall–Kier alpha value is -2.55. The van der Waals surface area contributed by atoms with Crippen molar-refractivity contribution in [3.8, 4) is 0 Å². The summed E-state index contributed by atoms with van der Waals surface area (Å²) in [5, 5.41) is 12.9. The number of nitrogens with zero attached hydrogens (tertiary/aromatic N) is 1. The molecule has 1 aliphatic rings. The second-order valence-corrected chi connectivity index (χ2v) is 4.89. The van der Waals surface area contributed by atoms with Gasteiger partial charge in [0.2, 0.25) is 5.91 Å². The molecule has 0 heterocycles. The highest BCUT2D eigenvalue weighted by atomic mass is 32.1. The molecule has 1 aliphatic carbocycles. The van der Waals surface area contributed by atoms with Crippen LogP contribution in [0.4, 0.5) is 5.69 Å². The van der Waals surface area contributed by atoms with E-state index >= 15 is 0 Å². The zero-order valence-electron chi connectivity index (χ0n) is 10.8. The lowest BCUT2D eigenvalue weighted by molar-refractivity contribution is -0.384. The molecule has 21 heavy (non-hydrogen) atoms. The molecule has 1 saturated carbocycles. The number of nitro benzene ring substituents is 1. The number of amides is 2. The summed E-state index contributed by atoms with van der Waals surface area (Å²) in [5.74, 6) is -0.772. The van der Waals surface area contributed by atoms with Crippen LogP contribution in [-0.4, -0.2) is 21.9 Å². The van der Waals surface area contributed by atoms with E-state index in [0.29, 0.717) is 0 Å². The smallest absolute Gasteiger partial charge is 0.270 e. The van der Waals surface area contributed by atoms with Crippen LogP contribution in [0.5, 0.6) is 0 Å². The zero-order valence-corrected chi connectivity index (χ0v) is 11.6. The SMILES string of the molecule is O=C(NC(=S)NNC(=O)C1CC1)c1cccc([N+](=O)[O-])c1. The summed E-state index contributed by atoms with van der Waals surface area (Å²) in [4.78, 5) is 33.3. The fourth-order valence-corrected chi connectivity index (χ4v) is 1.68. The predicted octanol–water partition coefficient (Wildman–Crippen LogP) is 0.640. The molecule has 0 unspecified atom stereocenters. The highest BCUT2D eigenvalue weighted by Crippen LogP contribution is 2.28. The Labute approximate surface area is 125 Å². The van der Waals surface area contributed by atoms with Crippen molar-refractivity contribution in [2.45, 2.75) is 12.8 Å².